The highest BCUT2D eigenvalue weighted by molar-refractivity contribution is 6.31. The number of aromatic nitrogens is 3. The van der Waals surface area contributed by atoms with E-state index >= 15 is 0 Å². The highest BCUT2D eigenvalue weighted by atomic mass is 35.5. The van der Waals surface area contributed by atoms with Gasteiger partial charge in [-0.2, -0.15) is 5.10 Å². The lowest BCUT2D eigenvalue weighted by atomic mass is 10.2. The number of benzene rings is 2. The summed E-state index contributed by atoms with van der Waals surface area (Å²) >= 11 is 6.03. The summed E-state index contributed by atoms with van der Waals surface area (Å²) in [6, 6.07) is 11.7. The van der Waals surface area contributed by atoms with Crippen LogP contribution in [0.15, 0.2) is 55.1 Å². The van der Waals surface area contributed by atoms with Crippen LogP contribution in [0.1, 0.15) is 10.4 Å². The summed E-state index contributed by atoms with van der Waals surface area (Å²) in [7, 11) is 0. The average Bonchev–Trinajstić information content (AvgIpc) is 3.15. The second kappa shape index (κ2) is 7.66. The van der Waals surface area contributed by atoms with Crippen molar-refractivity contribution in [1.82, 2.24) is 14.8 Å². The molecule has 0 aliphatic heterocycles. The zero-order valence-electron chi connectivity index (χ0n) is 13.5. The number of carbonyl (C=O) groups excluding carboxylic acids is 2. The normalized spacial score (nSPS) is 10.3. The van der Waals surface area contributed by atoms with E-state index in [1.807, 2.05) is 0 Å². The third kappa shape index (κ3) is 4.17. The predicted molar refractivity (Wildman–Crippen MR) is 98.4 cm³/mol. The Kier molecular flexibility index (Phi) is 5.14. The topological polar surface area (TPSA) is 115 Å². The molecule has 0 fully saturated rings. The van der Waals surface area contributed by atoms with Crippen LogP contribution < -0.4 is 16.4 Å². The van der Waals surface area contributed by atoms with Crippen molar-refractivity contribution in [2.45, 2.75) is 0 Å². The van der Waals surface area contributed by atoms with Crippen molar-refractivity contribution >= 4 is 34.8 Å². The van der Waals surface area contributed by atoms with Gasteiger partial charge in [-0.05, 0) is 36.4 Å². The van der Waals surface area contributed by atoms with Crippen LogP contribution in [-0.2, 0) is 4.79 Å². The highest BCUT2D eigenvalue weighted by Crippen LogP contribution is 2.24. The van der Waals surface area contributed by atoms with Gasteiger partial charge >= 0.3 is 0 Å². The molecule has 0 bridgehead atoms. The van der Waals surface area contributed by atoms with Gasteiger partial charge in [0.15, 0.2) is 0 Å². The molecule has 9 heteroatoms. The lowest BCUT2D eigenvalue weighted by Crippen LogP contribution is -2.23. The SMILES string of the molecule is NC(=O)c1cccc(NCC(=O)Nc2cc(Cl)ccc2-n2cncn2)c1. The molecule has 2 aromatic carbocycles. The fourth-order valence-corrected chi connectivity index (χ4v) is 2.47. The molecular formula is C17H15ClN6O2. The largest absolute Gasteiger partial charge is 0.376 e. The first-order valence-electron chi connectivity index (χ1n) is 7.61. The van der Waals surface area contributed by atoms with Crippen LogP contribution in [0, 0.1) is 0 Å². The number of nitrogens with one attached hydrogen (secondary N) is 2. The molecule has 132 valence electrons. The second-order valence-corrected chi connectivity index (χ2v) is 5.78. The molecule has 2 amide bonds. The van der Waals surface area contributed by atoms with Crippen LogP contribution in [0.4, 0.5) is 11.4 Å². The number of nitrogens with two attached hydrogens (primary N) is 1. The minimum atomic E-state index is -0.533. The number of amides is 2. The van der Waals surface area contributed by atoms with Crippen molar-refractivity contribution in [3.8, 4) is 5.69 Å². The Bertz CT molecular complexity index is 942. The molecule has 1 aromatic heterocycles. The number of carbonyl (C=O) groups is 2. The van der Waals surface area contributed by atoms with Gasteiger partial charge in [-0.25, -0.2) is 9.67 Å². The van der Waals surface area contributed by atoms with Gasteiger partial charge in [-0.15, -0.1) is 0 Å². The lowest BCUT2D eigenvalue weighted by molar-refractivity contribution is -0.114. The predicted octanol–water partition coefficient (Wildman–Crippen LogP) is 2.07. The minimum Gasteiger partial charge on any atom is -0.376 e. The molecule has 0 aliphatic rings. The van der Waals surface area contributed by atoms with Gasteiger partial charge in [0.2, 0.25) is 11.8 Å². The third-order valence-corrected chi connectivity index (χ3v) is 3.73. The van der Waals surface area contributed by atoms with Crippen molar-refractivity contribution in [3.63, 3.8) is 0 Å². The second-order valence-electron chi connectivity index (χ2n) is 5.35. The summed E-state index contributed by atoms with van der Waals surface area (Å²) in [5.41, 5.74) is 7.35. The Hall–Kier alpha value is -3.39. The Labute approximate surface area is 154 Å². The molecule has 26 heavy (non-hydrogen) atoms. The maximum atomic E-state index is 12.3. The minimum absolute atomic E-state index is 0.00841. The number of hydrogen-bond donors (Lipinski definition) is 3. The molecule has 8 nitrogen and oxygen atoms in total. The van der Waals surface area contributed by atoms with Gasteiger partial charge in [0, 0.05) is 16.3 Å². The van der Waals surface area contributed by atoms with Crippen LogP contribution in [-0.4, -0.2) is 33.1 Å². The molecule has 4 N–H and O–H groups in total. The summed E-state index contributed by atoms with van der Waals surface area (Å²) in [6.45, 7) is -0.00841. The van der Waals surface area contributed by atoms with E-state index in [1.165, 1.54) is 17.3 Å². The summed E-state index contributed by atoms with van der Waals surface area (Å²) in [6.07, 6.45) is 2.92. The monoisotopic (exact) mass is 370 g/mol. The van der Waals surface area contributed by atoms with Crippen LogP contribution in [0.25, 0.3) is 5.69 Å². The Morgan fingerprint density at radius 1 is 1.19 bits per heavy atom. The van der Waals surface area contributed by atoms with Crippen molar-refractivity contribution in [3.05, 3.63) is 65.7 Å². The highest BCUT2D eigenvalue weighted by Gasteiger charge is 2.10. The summed E-state index contributed by atoms with van der Waals surface area (Å²) in [4.78, 5) is 27.4. The number of rotatable bonds is 6. The van der Waals surface area contributed by atoms with E-state index in [4.69, 9.17) is 17.3 Å². The summed E-state index contributed by atoms with van der Waals surface area (Å²) in [5.74, 6) is -0.826. The van der Waals surface area contributed by atoms with Crippen LogP contribution in [0.5, 0.6) is 0 Å². The Balaban J connectivity index is 1.70. The standard InChI is InChI=1S/C17H15ClN6O2/c18-12-4-5-15(24-10-20-9-22-24)14(7-12)23-16(25)8-21-13-3-1-2-11(6-13)17(19)26/h1-7,9-10,21H,8H2,(H2,19,26)(H,23,25). The first kappa shape index (κ1) is 17.4. The molecule has 3 rings (SSSR count). The molecule has 0 saturated heterocycles. The fraction of sp³-hybridized carbons (Fsp3) is 0.0588. The molecule has 0 aliphatic carbocycles. The van der Waals surface area contributed by atoms with Crippen molar-refractivity contribution in [2.24, 2.45) is 5.73 Å². The number of primary amides is 1. The van der Waals surface area contributed by atoms with E-state index < -0.39 is 5.91 Å². The van der Waals surface area contributed by atoms with E-state index in [-0.39, 0.29) is 12.5 Å². The quantitative estimate of drug-likeness (QED) is 0.614. The first-order chi connectivity index (χ1) is 12.5. The first-order valence-corrected chi connectivity index (χ1v) is 7.99. The van der Waals surface area contributed by atoms with Crippen molar-refractivity contribution < 1.29 is 9.59 Å². The average molecular weight is 371 g/mol. The summed E-state index contributed by atoms with van der Waals surface area (Å²) < 4.78 is 1.52. The maximum absolute atomic E-state index is 12.3. The van der Waals surface area contributed by atoms with Crippen LogP contribution in [0.2, 0.25) is 5.02 Å². The van der Waals surface area contributed by atoms with Gasteiger partial charge in [0.25, 0.3) is 0 Å². The van der Waals surface area contributed by atoms with E-state index in [9.17, 15) is 9.59 Å². The smallest absolute Gasteiger partial charge is 0.248 e. The molecule has 0 radical (unpaired) electrons. The van der Waals surface area contributed by atoms with E-state index in [0.29, 0.717) is 27.6 Å². The van der Waals surface area contributed by atoms with E-state index in [0.717, 1.165) is 0 Å². The molecular weight excluding hydrogens is 356 g/mol. The number of anilines is 2. The maximum Gasteiger partial charge on any atom is 0.248 e. The van der Waals surface area contributed by atoms with Gasteiger partial charge in [0.1, 0.15) is 12.7 Å². The van der Waals surface area contributed by atoms with Crippen LogP contribution >= 0.6 is 11.6 Å². The van der Waals surface area contributed by atoms with Crippen molar-refractivity contribution in [1.29, 1.82) is 0 Å². The molecule has 3 aromatic rings. The van der Waals surface area contributed by atoms with E-state index in [1.54, 1.807) is 42.5 Å². The molecule has 0 saturated carbocycles. The van der Waals surface area contributed by atoms with E-state index in [2.05, 4.69) is 20.7 Å². The zero-order valence-corrected chi connectivity index (χ0v) is 14.3. The molecule has 0 spiro atoms. The Morgan fingerprint density at radius 2 is 2.04 bits per heavy atom. The lowest BCUT2D eigenvalue weighted by Gasteiger charge is -2.12. The summed E-state index contributed by atoms with van der Waals surface area (Å²) in [5, 5.41) is 10.3. The Morgan fingerprint density at radius 3 is 2.77 bits per heavy atom. The number of hydrogen-bond acceptors (Lipinski definition) is 5. The van der Waals surface area contributed by atoms with Gasteiger partial charge in [-0.3, -0.25) is 9.59 Å². The van der Waals surface area contributed by atoms with Gasteiger partial charge < -0.3 is 16.4 Å². The molecule has 0 atom stereocenters. The third-order valence-electron chi connectivity index (χ3n) is 3.50. The molecule has 1 heterocycles. The fourth-order valence-electron chi connectivity index (χ4n) is 2.30. The zero-order chi connectivity index (χ0) is 18.5. The van der Waals surface area contributed by atoms with Crippen molar-refractivity contribution in [2.75, 3.05) is 17.2 Å². The van der Waals surface area contributed by atoms with Crippen LogP contribution in [0.3, 0.4) is 0 Å². The number of nitrogens with zero attached hydrogens (tertiary/aromatic N) is 3. The number of halogens is 1. The van der Waals surface area contributed by atoms with Gasteiger partial charge in [-0.1, -0.05) is 17.7 Å². The van der Waals surface area contributed by atoms with Gasteiger partial charge in [0.05, 0.1) is 17.9 Å². The molecule has 0 unspecified atom stereocenters.